The first-order valence-electron chi connectivity index (χ1n) is 29.7. The van der Waals surface area contributed by atoms with Crippen LogP contribution in [0.2, 0.25) is 0 Å². The van der Waals surface area contributed by atoms with E-state index in [0.717, 1.165) is 73.8 Å². The lowest BCUT2D eigenvalue weighted by Crippen LogP contribution is -2.33. The van der Waals surface area contributed by atoms with Gasteiger partial charge in [0.05, 0.1) is 123 Å². The number of ether oxygens (including phenoxy) is 14. The van der Waals surface area contributed by atoms with Crippen molar-refractivity contribution in [3.8, 4) is 0 Å². The van der Waals surface area contributed by atoms with Crippen LogP contribution < -0.4 is 0 Å². The van der Waals surface area contributed by atoms with Crippen LogP contribution in [0, 0.1) is 23.7 Å². The second-order valence-electron chi connectivity index (χ2n) is 23.3. The normalized spacial score (nSPS) is 27.3. The number of hydrogen-bond acceptors (Lipinski definition) is 14. The SMILES string of the molecule is C=C(C)OC(C)CCCCCC(C)OC(=C)C.C=C(C)OC1COC2C(OC(=C)C)COC12.C=C(C)OCC1CCC(COC(=C)C)CC1.C=C(C)OCC1CCC(COC(=C)C)CC1.C=C(C)O[C@H]1CO[C@H]2[C@@H]1OC[C@H]2OC(=C)C. The van der Waals surface area contributed by atoms with Crippen molar-refractivity contribution in [1.82, 2.24) is 0 Å². The van der Waals surface area contributed by atoms with Crippen molar-refractivity contribution in [3.63, 3.8) is 0 Å². The minimum Gasteiger partial charge on any atom is -0.499 e. The summed E-state index contributed by atoms with van der Waals surface area (Å²) in [6.45, 7) is 65.7. The molecule has 14 nitrogen and oxygen atoms in total. The zero-order valence-corrected chi connectivity index (χ0v) is 52.7. The molecule has 10 atom stereocenters. The fourth-order valence-electron chi connectivity index (χ4n) is 10.3. The molecule has 0 amide bonds. The van der Waals surface area contributed by atoms with Gasteiger partial charge in [-0.05, 0) is 184 Å². The minimum absolute atomic E-state index is 0.0546. The Labute approximate surface area is 492 Å². The number of unbranched alkanes of at least 4 members (excludes halogenated alkanes) is 2. The molecule has 0 spiro atoms. The summed E-state index contributed by atoms with van der Waals surface area (Å²) in [6, 6.07) is 0. The summed E-state index contributed by atoms with van der Waals surface area (Å²) in [6.07, 6.45) is 15.9. The monoisotopic (exact) mass is 1140 g/mol. The molecule has 14 heteroatoms. The highest BCUT2D eigenvalue weighted by Gasteiger charge is 2.51. The fourth-order valence-corrected chi connectivity index (χ4v) is 10.3. The molecule has 6 rings (SSSR count). The standard InChI is InChI=1S/C15H28O2.2C14H24O2.2C12H18O4/c1-12(2)16-14(5)10-8-7-9-11-15(6)17-13(3)4;2*1-11(2)15-9-13-5-7-14(8-6-13)10-16-12(3)4;2*1-7(2)15-9-5-13-12-10(16-8(3)4)6-14-11(9)12/h14-15H,1,3,7-11H2,2,4-6H3;2*13-14H,1,3,5-10H2,2,4H3;2*9-12H,1,3,5-6H2,2,4H3/t;;;9-,10+,11-,12-;/m...1./s1. The zero-order chi connectivity index (χ0) is 60.6. The second kappa shape index (κ2) is 39.7. The molecule has 6 fully saturated rings. The Bertz CT molecular complexity index is 1690. The first-order valence-corrected chi connectivity index (χ1v) is 29.7. The molecule has 4 aliphatic heterocycles. The molecule has 0 aromatic heterocycles. The van der Waals surface area contributed by atoms with Crippen molar-refractivity contribution in [2.45, 2.75) is 228 Å². The van der Waals surface area contributed by atoms with Crippen molar-refractivity contribution >= 4 is 0 Å². The molecule has 0 bridgehead atoms. The zero-order valence-electron chi connectivity index (χ0n) is 52.7. The summed E-state index contributed by atoms with van der Waals surface area (Å²) in [7, 11) is 0. The Morgan fingerprint density at radius 2 is 0.531 bits per heavy atom. The van der Waals surface area contributed by atoms with Crippen molar-refractivity contribution in [3.05, 3.63) is 123 Å². The summed E-state index contributed by atoms with van der Waals surface area (Å²) in [5.74, 6) is 10.5. The van der Waals surface area contributed by atoms with Crippen LogP contribution in [0.25, 0.3) is 0 Å². The third-order valence-electron chi connectivity index (χ3n) is 14.1. The van der Waals surface area contributed by atoms with E-state index in [1.54, 1.807) is 0 Å². The maximum atomic E-state index is 5.65. The molecular formula is C67H112O14. The van der Waals surface area contributed by atoms with Crippen LogP contribution in [-0.4, -0.2) is 114 Å². The molecule has 2 saturated carbocycles. The molecule has 0 N–H and O–H groups in total. The Morgan fingerprint density at radius 1 is 0.321 bits per heavy atom. The van der Waals surface area contributed by atoms with Gasteiger partial charge < -0.3 is 66.3 Å². The lowest BCUT2D eigenvalue weighted by atomic mass is 9.83. The Kier molecular flexibility index (Phi) is 35.4. The van der Waals surface area contributed by atoms with Gasteiger partial charge in [0.1, 0.15) is 24.4 Å². The molecular weight excluding hydrogens is 1030 g/mol. The Balaban J connectivity index is 0.000000346. The van der Waals surface area contributed by atoms with Gasteiger partial charge in [0.25, 0.3) is 0 Å². The maximum absolute atomic E-state index is 5.65. The van der Waals surface area contributed by atoms with Gasteiger partial charge in [0, 0.05) is 0 Å². The molecule has 0 aromatic carbocycles. The van der Waals surface area contributed by atoms with E-state index in [2.05, 4.69) is 79.6 Å². The molecule has 4 heterocycles. The summed E-state index contributed by atoms with van der Waals surface area (Å²) >= 11 is 0. The molecule has 6 unspecified atom stereocenters. The van der Waals surface area contributed by atoms with E-state index in [9.17, 15) is 0 Å². The second-order valence-corrected chi connectivity index (χ2v) is 23.3. The van der Waals surface area contributed by atoms with E-state index in [1.165, 1.54) is 70.6 Å². The molecule has 81 heavy (non-hydrogen) atoms. The largest absolute Gasteiger partial charge is 0.499 e. The van der Waals surface area contributed by atoms with Gasteiger partial charge in [-0.15, -0.1) is 0 Å². The summed E-state index contributed by atoms with van der Waals surface area (Å²) < 4.78 is 77.7. The Morgan fingerprint density at radius 3 is 0.704 bits per heavy atom. The smallest absolute Gasteiger partial charge is 0.150 e. The molecule has 2 aliphatic carbocycles. The van der Waals surface area contributed by atoms with Gasteiger partial charge in [-0.25, -0.2) is 0 Å². The fraction of sp³-hybridized carbons (Fsp3) is 0.701. The first-order chi connectivity index (χ1) is 38.2. The van der Waals surface area contributed by atoms with Crippen molar-refractivity contribution in [2.75, 3.05) is 52.9 Å². The minimum atomic E-state index is -0.0683. The lowest BCUT2D eigenvalue weighted by molar-refractivity contribution is -0.0186. The molecule has 0 radical (unpaired) electrons. The topological polar surface area (TPSA) is 129 Å². The van der Waals surface area contributed by atoms with E-state index < -0.39 is 0 Å². The van der Waals surface area contributed by atoms with Crippen molar-refractivity contribution < 1.29 is 66.3 Å². The summed E-state index contributed by atoms with van der Waals surface area (Å²) in [5.41, 5.74) is 0. The van der Waals surface area contributed by atoms with Crippen LogP contribution in [0.3, 0.4) is 0 Å². The van der Waals surface area contributed by atoms with Crippen LogP contribution in [0.5, 0.6) is 0 Å². The van der Waals surface area contributed by atoms with E-state index in [4.69, 9.17) is 66.3 Å². The van der Waals surface area contributed by atoms with Gasteiger partial charge >= 0.3 is 0 Å². The van der Waals surface area contributed by atoms with Crippen LogP contribution in [0.4, 0.5) is 0 Å². The van der Waals surface area contributed by atoms with E-state index in [0.29, 0.717) is 73.1 Å². The maximum Gasteiger partial charge on any atom is 0.150 e. The molecule has 4 saturated heterocycles. The average molecular weight is 1140 g/mol. The van der Waals surface area contributed by atoms with Gasteiger partial charge in [0.15, 0.2) is 24.4 Å². The highest BCUT2D eigenvalue weighted by Crippen LogP contribution is 2.34. The van der Waals surface area contributed by atoms with Crippen molar-refractivity contribution in [1.29, 1.82) is 0 Å². The highest BCUT2D eigenvalue weighted by molar-refractivity contribution is 5.00. The number of hydrogen-bond donors (Lipinski definition) is 0. The van der Waals surface area contributed by atoms with E-state index >= 15 is 0 Å². The molecule has 464 valence electrons. The predicted molar refractivity (Wildman–Crippen MR) is 325 cm³/mol. The first kappa shape index (κ1) is 72.3. The van der Waals surface area contributed by atoms with Crippen LogP contribution in [0.1, 0.15) is 167 Å². The quantitative estimate of drug-likeness (QED) is 0.0500. The van der Waals surface area contributed by atoms with Crippen LogP contribution in [-0.2, 0) is 66.3 Å². The summed E-state index contributed by atoms with van der Waals surface area (Å²) in [5, 5.41) is 0. The molecule has 0 aromatic rings. The van der Waals surface area contributed by atoms with E-state index in [1.807, 2.05) is 69.2 Å². The van der Waals surface area contributed by atoms with Crippen LogP contribution >= 0.6 is 0 Å². The van der Waals surface area contributed by atoms with Gasteiger partial charge in [0.2, 0.25) is 0 Å². The third kappa shape index (κ3) is 32.6. The Hall–Kier alpha value is -4.76. The average Bonchev–Trinajstić information content (AvgIpc) is 4.21. The number of allylic oxidation sites excluding steroid dienone is 10. The number of fused-ring (bicyclic) bond motifs is 2. The highest BCUT2D eigenvalue weighted by atomic mass is 16.7. The van der Waals surface area contributed by atoms with E-state index in [-0.39, 0.29) is 61.0 Å². The molecule has 6 aliphatic rings. The number of rotatable bonds is 30. The third-order valence-corrected chi connectivity index (χ3v) is 14.1. The van der Waals surface area contributed by atoms with Gasteiger partial charge in [-0.3, -0.25) is 0 Å². The lowest BCUT2D eigenvalue weighted by Gasteiger charge is -2.28. The van der Waals surface area contributed by atoms with Crippen molar-refractivity contribution in [2.24, 2.45) is 23.7 Å². The predicted octanol–water partition coefficient (Wildman–Crippen LogP) is 15.8. The van der Waals surface area contributed by atoms with Gasteiger partial charge in [-0.2, -0.15) is 0 Å². The summed E-state index contributed by atoms with van der Waals surface area (Å²) in [4.78, 5) is 0. The van der Waals surface area contributed by atoms with Gasteiger partial charge in [-0.1, -0.05) is 72.2 Å². The van der Waals surface area contributed by atoms with Crippen LogP contribution in [0.15, 0.2) is 123 Å².